The van der Waals surface area contributed by atoms with Gasteiger partial charge < -0.3 is 10.6 Å². The SMILES string of the molecule is CCN1CCCC(CN)(N2CCN(C(C)C)CC2)CC1. The topological polar surface area (TPSA) is 35.7 Å². The summed E-state index contributed by atoms with van der Waals surface area (Å²) < 4.78 is 0. The van der Waals surface area contributed by atoms with Crippen LogP contribution in [0.15, 0.2) is 0 Å². The summed E-state index contributed by atoms with van der Waals surface area (Å²) in [6.07, 6.45) is 3.83. The summed E-state index contributed by atoms with van der Waals surface area (Å²) in [4.78, 5) is 7.89. The van der Waals surface area contributed by atoms with Gasteiger partial charge >= 0.3 is 0 Å². The van der Waals surface area contributed by atoms with Gasteiger partial charge in [0.25, 0.3) is 0 Å². The monoisotopic (exact) mass is 282 g/mol. The Morgan fingerprint density at radius 2 is 1.70 bits per heavy atom. The predicted octanol–water partition coefficient (Wildman–Crippen LogP) is 1.22. The maximum atomic E-state index is 6.25. The van der Waals surface area contributed by atoms with Crippen LogP contribution in [0.25, 0.3) is 0 Å². The van der Waals surface area contributed by atoms with Crippen molar-refractivity contribution in [3.05, 3.63) is 0 Å². The molecule has 118 valence electrons. The number of rotatable bonds is 4. The fourth-order valence-electron chi connectivity index (χ4n) is 3.91. The van der Waals surface area contributed by atoms with Gasteiger partial charge in [-0.05, 0) is 52.7 Å². The highest BCUT2D eigenvalue weighted by Gasteiger charge is 2.38. The number of likely N-dealkylation sites (tertiary alicyclic amines) is 1. The lowest BCUT2D eigenvalue weighted by Gasteiger charge is -2.48. The molecule has 1 atom stereocenters. The maximum Gasteiger partial charge on any atom is 0.0345 e. The van der Waals surface area contributed by atoms with E-state index < -0.39 is 0 Å². The Kier molecular flexibility index (Phi) is 5.84. The van der Waals surface area contributed by atoms with Crippen molar-refractivity contribution in [2.75, 3.05) is 52.4 Å². The zero-order chi connectivity index (χ0) is 14.6. The molecule has 0 spiro atoms. The molecule has 2 rings (SSSR count). The molecule has 2 fully saturated rings. The Labute approximate surface area is 125 Å². The van der Waals surface area contributed by atoms with Gasteiger partial charge in [0.2, 0.25) is 0 Å². The molecule has 0 radical (unpaired) electrons. The number of hydrogen-bond donors (Lipinski definition) is 1. The molecule has 0 aromatic heterocycles. The molecule has 20 heavy (non-hydrogen) atoms. The van der Waals surface area contributed by atoms with Gasteiger partial charge in [0, 0.05) is 44.3 Å². The van der Waals surface area contributed by atoms with E-state index in [1.807, 2.05) is 0 Å². The number of hydrogen-bond acceptors (Lipinski definition) is 4. The van der Waals surface area contributed by atoms with Crippen LogP contribution >= 0.6 is 0 Å². The summed E-state index contributed by atoms with van der Waals surface area (Å²) in [5.74, 6) is 0. The summed E-state index contributed by atoms with van der Waals surface area (Å²) in [6, 6.07) is 0.677. The second-order valence-corrected chi connectivity index (χ2v) is 6.83. The lowest BCUT2D eigenvalue weighted by atomic mass is 9.87. The standard InChI is InChI=1S/C16H34N4/c1-4-18-8-5-6-16(14-17,7-9-18)20-12-10-19(11-13-20)15(2)3/h15H,4-14,17H2,1-3H3. The fraction of sp³-hybridized carbons (Fsp3) is 1.00. The van der Waals surface area contributed by atoms with Gasteiger partial charge in [-0.25, -0.2) is 0 Å². The smallest absolute Gasteiger partial charge is 0.0345 e. The van der Waals surface area contributed by atoms with E-state index >= 15 is 0 Å². The van der Waals surface area contributed by atoms with E-state index in [1.54, 1.807) is 0 Å². The zero-order valence-corrected chi connectivity index (χ0v) is 13.8. The quantitative estimate of drug-likeness (QED) is 0.841. The Morgan fingerprint density at radius 1 is 1.00 bits per heavy atom. The first-order valence-corrected chi connectivity index (χ1v) is 8.53. The molecule has 0 saturated carbocycles. The molecule has 2 aliphatic heterocycles. The molecule has 2 saturated heterocycles. The molecule has 0 amide bonds. The van der Waals surface area contributed by atoms with E-state index in [1.165, 1.54) is 65.1 Å². The van der Waals surface area contributed by atoms with Gasteiger partial charge in [0.1, 0.15) is 0 Å². The largest absolute Gasteiger partial charge is 0.329 e. The number of piperazine rings is 1. The van der Waals surface area contributed by atoms with Crippen LogP contribution in [0.3, 0.4) is 0 Å². The highest BCUT2D eigenvalue weighted by molar-refractivity contribution is 4.96. The lowest BCUT2D eigenvalue weighted by molar-refractivity contribution is 0.0175. The van der Waals surface area contributed by atoms with Crippen LogP contribution in [-0.4, -0.2) is 78.6 Å². The van der Waals surface area contributed by atoms with Gasteiger partial charge in [-0.1, -0.05) is 6.92 Å². The molecule has 4 heteroatoms. The van der Waals surface area contributed by atoms with Gasteiger partial charge in [-0.15, -0.1) is 0 Å². The zero-order valence-electron chi connectivity index (χ0n) is 13.8. The molecule has 0 aromatic carbocycles. The first-order valence-electron chi connectivity index (χ1n) is 8.53. The molecule has 2 aliphatic rings. The first-order chi connectivity index (χ1) is 9.61. The van der Waals surface area contributed by atoms with Gasteiger partial charge in [-0.2, -0.15) is 0 Å². The number of nitrogens with zero attached hydrogens (tertiary/aromatic N) is 3. The van der Waals surface area contributed by atoms with Crippen LogP contribution in [0.2, 0.25) is 0 Å². The lowest BCUT2D eigenvalue weighted by Crippen LogP contribution is -2.61. The van der Waals surface area contributed by atoms with Crippen molar-refractivity contribution in [3.8, 4) is 0 Å². The molecule has 1 unspecified atom stereocenters. The Morgan fingerprint density at radius 3 is 2.25 bits per heavy atom. The Hall–Kier alpha value is -0.160. The molecule has 2 N–H and O–H groups in total. The molecule has 0 bridgehead atoms. The minimum atomic E-state index is 0.271. The van der Waals surface area contributed by atoms with Gasteiger partial charge in [-0.3, -0.25) is 9.80 Å². The third-order valence-corrected chi connectivity index (χ3v) is 5.55. The van der Waals surface area contributed by atoms with Crippen molar-refractivity contribution in [1.82, 2.24) is 14.7 Å². The number of nitrogens with two attached hydrogens (primary N) is 1. The van der Waals surface area contributed by atoms with E-state index in [0.717, 1.165) is 6.54 Å². The molecule has 0 aromatic rings. The van der Waals surface area contributed by atoms with Crippen molar-refractivity contribution < 1.29 is 0 Å². The second-order valence-electron chi connectivity index (χ2n) is 6.83. The molecular weight excluding hydrogens is 248 g/mol. The summed E-state index contributed by atoms with van der Waals surface area (Å²) in [6.45, 7) is 16.2. The third kappa shape index (κ3) is 3.53. The maximum absolute atomic E-state index is 6.25. The van der Waals surface area contributed by atoms with Crippen LogP contribution in [0.4, 0.5) is 0 Å². The van der Waals surface area contributed by atoms with Crippen molar-refractivity contribution >= 4 is 0 Å². The Balaban J connectivity index is 1.97. The van der Waals surface area contributed by atoms with Gasteiger partial charge in [0.15, 0.2) is 0 Å². The second kappa shape index (κ2) is 7.21. The summed E-state index contributed by atoms with van der Waals surface area (Å²) in [7, 11) is 0. The average Bonchev–Trinajstić information content (AvgIpc) is 2.70. The van der Waals surface area contributed by atoms with Crippen LogP contribution in [0.1, 0.15) is 40.0 Å². The fourth-order valence-corrected chi connectivity index (χ4v) is 3.91. The Bertz CT molecular complexity index is 286. The molecule has 0 aliphatic carbocycles. The van der Waals surface area contributed by atoms with E-state index in [2.05, 4.69) is 35.5 Å². The highest BCUT2D eigenvalue weighted by atomic mass is 15.3. The minimum absolute atomic E-state index is 0.271. The van der Waals surface area contributed by atoms with Crippen molar-refractivity contribution in [2.45, 2.75) is 51.6 Å². The van der Waals surface area contributed by atoms with Gasteiger partial charge in [0.05, 0.1) is 0 Å². The third-order valence-electron chi connectivity index (χ3n) is 5.55. The van der Waals surface area contributed by atoms with E-state index in [4.69, 9.17) is 5.73 Å². The van der Waals surface area contributed by atoms with Crippen LogP contribution in [0.5, 0.6) is 0 Å². The average molecular weight is 282 g/mol. The van der Waals surface area contributed by atoms with Crippen LogP contribution in [0, 0.1) is 0 Å². The van der Waals surface area contributed by atoms with E-state index in [0.29, 0.717) is 6.04 Å². The van der Waals surface area contributed by atoms with Crippen molar-refractivity contribution in [3.63, 3.8) is 0 Å². The summed E-state index contributed by atoms with van der Waals surface area (Å²) in [5, 5.41) is 0. The molecule has 4 nitrogen and oxygen atoms in total. The van der Waals surface area contributed by atoms with E-state index in [9.17, 15) is 0 Å². The van der Waals surface area contributed by atoms with Crippen molar-refractivity contribution in [2.24, 2.45) is 5.73 Å². The highest BCUT2D eigenvalue weighted by Crippen LogP contribution is 2.29. The molecule has 2 heterocycles. The van der Waals surface area contributed by atoms with E-state index in [-0.39, 0.29) is 5.54 Å². The van der Waals surface area contributed by atoms with Crippen LogP contribution in [-0.2, 0) is 0 Å². The molecular formula is C16H34N4. The summed E-state index contributed by atoms with van der Waals surface area (Å²) >= 11 is 0. The summed E-state index contributed by atoms with van der Waals surface area (Å²) in [5.41, 5.74) is 6.52. The minimum Gasteiger partial charge on any atom is -0.329 e. The normalized spacial score (nSPS) is 31.6. The van der Waals surface area contributed by atoms with Crippen molar-refractivity contribution in [1.29, 1.82) is 0 Å². The van der Waals surface area contributed by atoms with Crippen LogP contribution < -0.4 is 5.73 Å². The first kappa shape index (κ1) is 16.2. The predicted molar refractivity (Wildman–Crippen MR) is 86.0 cm³/mol.